The third-order valence-corrected chi connectivity index (χ3v) is 3.19. The lowest BCUT2D eigenvalue weighted by molar-refractivity contribution is 1.32. The van der Waals surface area contributed by atoms with Crippen molar-refractivity contribution in [3.8, 4) is 34.7 Å². The zero-order chi connectivity index (χ0) is 13.9. The van der Waals surface area contributed by atoms with Crippen molar-refractivity contribution in [1.82, 2.24) is 9.97 Å². The van der Waals surface area contributed by atoms with Gasteiger partial charge in [-0.1, -0.05) is 48.4 Å². The van der Waals surface area contributed by atoms with E-state index in [4.69, 9.17) is 12.2 Å². The Hall–Kier alpha value is -2.70. The highest BCUT2D eigenvalue weighted by Crippen LogP contribution is 2.29. The lowest BCUT2D eigenvalue weighted by Crippen LogP contribution is -1.87. The van der Waals surface area contributed by atoms with Crippen LogP contribution in [0, 0.1) is 12.3 Å². The summed E-state index contributed by atoms with van der Waals surface area (Å²) in [4.78, 5) is 6.86. The van der Waals surface area contributed by atoms with E-state index in [0.717, 1.165) is 16.8 Å². The Bertz CT molecular complexity index is 761. The average molecular weight is 296 g/mol. The maximum Gasteiger partial charge on any atom is 0.197 e. The molecule has 21 heavy (non-hydrogen) atoms. The predicted octanol–water partition coefficient (Wildman–Crippen LogP) is 3.73. The van der Waals surface area contributed by atoms with E-state index < -0.39 is 0 Å². The molecule has 1 aromatic heterocycles. The lowest BCUT2D eigenvalue weighted by atomic mass is 9.95. The predicted molar refractivity (Wildman–Crippen MR) is 89.1 cm³/mol. The zero-order valence-electron chi connectivity index (χ0n) is 11.2. The van der Waals surface area contributed by atoms with Gasteiger partial charge in [-0.3, -0.25) is 0 Å². The van der Waals surface area contributed by atoms with Gasteiger partial charge >= 0.3 is 0 Å². The van der Waals surface area contributed by atoms with E-state index in [0.29, 0.717) is 5.95 Å². The smallest absolute Gasteiger partial charge is 0.197 e. The summed E-state index contributed by atoms with van der Waals surface area (Å²) in [6, 6.07) is 16.1. The van der Waals surface area contributed by atoms with Gasteiger partial charge in [0.2, 0.25) is 0 Å². The van der Waals surface area contributed by atoms with Crippen LogP contribution in [0.4, 0.5) is 5.95 Å². The van der Waals surface area contributed by atoms with Gasteiger partial charge in [-0.25, -0.2) is 4.98 Å². The third kappa shape index (κ3) is 2.91. The highest BCUT2D eigenvalue weighted by molar-refractivity contribution is 5.85. The second-order valence-electron chi connectivity index (χ2n) is 4.45. The summed E-state index contributed by atoms with van der Waals surface area (Å²) in [6.07, 6.45) is 7.05. The van der Waals surface area contributed by atoms with Gasteiger partial charge in [-0.15, -0.1) is 18.8 Å². The number of anilines is 1. The molecular weight excluding hydrogens is 282 g/mol. The number of nitrogens with two attached hydrogens (primary N) is 1. The number of H-pyrrole nitrogens is 1. The van der Waals surface area contributed by atoms with Crippen molar-refractivity contribution >= 4 is 18.4 Å². The number of fused-ring (bicyclic) bond motifs is 1. The highest BCUT2D eigenvalue weighted by Gasteiger charge is 2.04. The second kappa shape index (κ2) is 6.17. The number of hydrogen-bond donors (Lipinski definition) is 2. The molecule has 0 bridgehead atoms. The molecule has 2 aliphatic carbocycles. The van der Waals surface area contributed by atoms with Crippen LogP contribution in [0.1, 0.15) is 5.56 Å². The summed E-state index contributed by atoms with van der Waals surface area (Å²) in [5, 5.41) is 0. The molecule has 0 spiro atoms. The summed E-state index contributed by atoms with van der Waals surface area (Å²) < 4.78 is 0. The number of aromatic amines is 1. The van der Waals surface area contributed by atoms with Crippen LogP contribution in [-0.2, 0) is 0 Å². The van der Waals surface area contributed by atoms with Crippen LogP contribution in [-0.4, -0.2) is 9.97 Å². The van der Waals surface area contributed by atoms with E-state index in [9.17, 15) is 0 Å². The van der Waals surface area contributed by atoms with Gasteiger partial charge in [-0.05, 0) is 17.2 Å². The topological polar surface area (TPSA) is 54.7 Å². The molecule has 0 saturated heterocycles. The fraction of sp³-hybridized carbons (Fsp3) is 0. The van der Waals surface area contributed by atoms with Crippen LogP contribution in [0.25, 0.3) is 22.4 Å². The summed E-state index contributed by atoms with van der Waals surface area (Å²) in [6.45, 7) is 0. The molecule has 1 aromatic carbocycles. The number of aromatic nitrogens is 2. The number of nitrogens with zero attached hydrogens (tertiary/aromatic N) is 1. The number of imidazole rings is 1. The van der Waals surface area contributed by atoms with Crippen LogP contribution in [0.15, 0.2) is 54.7 Å². The number of nitrogens with one attached hydrogen (secondary N) is 1. The first kappa shape index (κ1) is 14.7. The Balaban J connectivity index is 0.000000191. The van der Waals surface area contributed by atoms with Crippen LogP contribution < -0.4 is 5.73 Å². The normalized spacial score (nSPS) is 9.67. The van der Waals surface area contributed by atoms with Gasteiger partial charge in [0.05, 0.1) is 11.9 Å². The van der Waals surface area contributed by atoms with E-state index in [1.165, 1.54) is 11.1 Å². The van der Waals surface area contributed by atoms with Crippen molar-refractivity contribution in [3.63, 3.8) is 0 Å². The Labute approximate surface area is 129 Å². The second-order valence-corrected chi connectivity index (χ2v) is 4.45. The standard InChI is InChI=1S/C11H9N3.C6H4.ClH/c1-2-8-5-3-4-6-9(8)10-7-13-11(12)14-10;1-2-6-4-3-5(1)6;/h1,3-7H,(H3,12,13,14);1-4H;1H. The third-order valence-electron chi connectivity index (χ3n) is 3.19. The van der Waals surface area contributed by atoms with E-state index >= 15 is 0 Å². The summed E-state index contributed by atoms with van der Waals surface area (Å²) in [7, 11) is 0. The first-order chi connectivity index (χ1) is 9.78. The molecule has 2 aromatic rings. The van der Waals surface area contributed by atoms with Crippen molar-refractivity contribution < 1.29 is 0 Å². The molecule has 0 atom stereocenters. The molecule has 0 unspecified atom stereocenters. The molecule has 4 rings (SSSR count). The lowest BCUT2D eigenvalue weighted by Gasteiger charge is -2.10. The van der Waals surface area contributed by atoms with Crippen molar-refractivity contribution in [2.45, 2.75) is 0 Å². The van der Waals surface area contributed by atoms with Crippen molar-refractivity contribution in [1.29, 1.82) is 0 Å². The number of benzene rings is 2. The summed E-state index contributed by atoms with van der Waals surface area (Å²) >= 11 is 0. The van der Waals surface area contributed by atoms with Gasteiger partial charge in [-0.2, -0.15) is 0 Å². The van der Waals surface area contributed by atoms with Crippen LogP contribution in [0.2, 0.25) is 0 Å². The monoisotopic (exact) mass is 295 g/mol. The van der Waals surface area contributed by atoms with Gasteiger partial charge in [0.1, 0.15) is 0 Å². The van der Waals surface area contributed by atoms with E-state index in [-0.39, 0.29) is 12.4 Å². The molecule has 3 N–H and O–H groups in total. The maximum absolute atomic E-state index is 5.49. The Morgan fingerprint density at radius 2 is 1.62 bits per heavy atom. The maximum atomic E-state index is 5.49. The summed E-state index contributed by atoms with van der Waals surface area (Å²) in [5.74, 6) is 3.01. The van der Waals surface area contributed by atoms with Crippen molar-refractivity contribution in [2.24, 2.45) is 0 Å². The van der Waals surface area contributed by atoms with E-state index in [1.807, 2.05) is 24.3 Å². The Morgan fingerprint density at radius 1 is 1.00 bits per heavy atom. The molecular formula is C17H14ClN3. The molecule has 0 fully saturated rings. The molecule has 0 saturated carbocycles. The zero-order valence-corrected chi connectivity index (χ0v) is 12.0. The highest BCUT2D eigenvalue weighted by atomic mass is 35.5. The van der Waals surface area contributed by atoms with Crippen LogP contribution >= 0.6 is 12.4 Å². The average Bonchev–Trinajstić information content (AvgIpc) is 2.90. The number of hydrogen-bond acceptors (Lipinski definition) is 2. The molecule has 0 amide bonds. The number of halogens is 1. The van der Waals surface area contributed by atoms with Crippen LogP contribution in [0.3, 0.4) is 0 Å². The van der Waals surface area contributed by atoms with Gasteiger partial charge in [0.25, 0.3) is 0 Å². The Kier molecular flexibility index (Phi) is 4.32. The fourth-order valence-corrected chi connectivity index (χ4v) is 1.98. The molecule has 3 nitrogen and oxygen atoms in total. The molecule has 104 valence electrons. The van der Waals surface area contributed by atoms with Crippen LogP contribution in [0.5, 0.6) is 0 Å². The number of terminal acetylenes is 1. The quantitative estimate of drug-likeness (QED) is 0.526. The molecule has 4 heteroatoms. The minimum absolute atomic E-state index is 0. The fourth-order valence-electron chi connectivity index (χ4n) is 1.98. The van der Waals surface area contributed by atoms with Gasteiger partial charge < -0.3 is 10.7 Å². The molecule has 0 aliphatic heterocycles. The molecule has 0 radical (unpaired) electrons. The van der Waals surface area contributed by atoms with E-state index in [2.05, 4.69) is 40.2 Å². The minimum atomic E-state index is 0. The van der Waals surface area contributed by atoms with Gasteiger partial charge in [0.15, 0.2) is 5.95 Å². The van der Waals surface area contributed by atoms with Crippen molar-refractivity contribution in [3.05, 3.63) is 60.3 Å². The van der Waals surface area contributed by atoms with Gasteiger partial charge in [0, 0.05) is 11.1 Å². The molecule has 2 aliphatic rings. The molecule has 1 heterocycles. The SMILES string of the molecule is C#Cc1ccccc1-c1cnc(N)[nH]1.Cl.c1cc2ccc1-2. The number of rotatable bonds is 1. The first-order valence-corrected chi connectivity index (χ1v) is 6.25. The first-order valence-electron chi connectivity index (χ1n) is 6.25. The van der Waals surface area contributed by atoms with E-state index in [1.54, 1.807) is 6.20 Å². The Morgan fingerprint density at radius 3 is 2.05 bits per heavy atom. The summed E-state index contributed by atoms with van der Waals surface area (Å²) in [5.41, 5.74) is 11.0. The number of nitrogen functional groups attached to an aromatic ring is 1. The largest absolute Gasteiger partial charge is 0.369 e. The minimum Gasteiger partial charge on any atom is -0.369 e. The van der Waals surface area contributed by atoms with Crippen molar-refractivity contribution in [2.75, 3.05) is 5.73 Å².